The summed E-state index contributed by atoms with van der Waals surface area (Å²) in [6.07, 6.45) is 2.08. The van der Waals surface area contributed by atoms with Crippen molar-refractivity contribution in [3.05, 3.63) is 39.4 Å². The number of nitrogens with zero attached hydrogens (tertiary/aromatic N) is 3. The molecule has 0 aliphatic heterocycles. The third-order valence-corrected chi connectivity index (χ3v) is 3.35. The van der Waals surface area contributed by atoms with Crippen molar-refractivity contribution in [1.82, 2.24) is 4.90 Å². The SMILES string of the molecule is N#CN(C1CCc2ccc([N+](=O)[O-])cc21)C(F)(F)CO. The van der Waals surface area contributed by atoms with Crippen molar-refractivity contribution in [2.75, 3.05) is 6.61 Å². The Morgan fingerprint density at radius 3 is 2.85 bits per heavy atom. The number of nitriles is 1. The second kappa shape index (κ2) is 5.02. The minimum atomic E-state index is -3.69. The van der Waals surface area contributed by atoms with E-state index in [1.54, 1.807) is 0 Å². The molecule has 1 aromatic rings. The summed E-state index contributed by atoms with van der Waals surface area (Å²) < 4.78 is 27.1. The number of fused-ring (bicyclic) bond motifs is 1. The fourth-order valence-electron chi connectivity index (χ4n) is 2.40. The molecule has 0 bridgehead atoms. The van der Waals surface area contributed by atoms with Crippen LogP contribution in [0, 0.1) is 21.6 Å². The maximum atomic E-state index is 13.5. The highest BCUT2D eigenvalue weighted by Crippen LogP contribution is 2.41. The third kappa shape index (κ3) is 2.28. The van der Waals surface area contributed by atoms with Crippen LogP contribution in [0.1, 0.15) is 23.6 Å². The van der Waals surface area contributed by atoms with E-state index in [0.29, 0.717) is 17.5 Å². The molecule has 0 spiro atoms. The molecule has 0 aromatic heterocycles. The first kappa shape index (κ1) is 14.1. The van der Waals surface area contributed by atoms with Gasteiger partial charge in [-0.1, -0.05) is 6.07 Å². The zero-order chi connectivity index (χ0) is 14.9. The van der Waals surface area contributed by atoms with Gasteiger partial charge in [-0.2, -0.15) is 14.0 Å². The van der Waals surface area contributed by atoms with Crippen molar-refractivity contribution in [3.63, 3.8) is 0 Å². The summed E-state index contributed by atoms with van der Waals surface area (Å²) in [5, 5.41) is 28.3. The lowest BCUT2D eigenvalue weighted by molar-refractivity contribution is -0.385. The molecule has 0 amide bonds. The quantitative estimate of drug-likeness (QED) is 0.300. The summed E-state index contributed by atoms with van der Waals surface area (Å²) in [6, 6.07) is -0.615. The average molecular weight is 283 g/mol. The van der Waals surface area contributed by atoms with Gasteiger partial charge in [0, 0.05) is 12.1 Å². The van der Waals surface area contributed by atoms with E-state index in [1.165, 1.54) is 24.4 Å². The predicted octanol–water partition coefficient (Wildman–Crippen LogP) is 1.95. The lowest BCUT2D eigenvalue weighted by Crippen LogP contribution is -2.43. The molecule has 0 fully saturated rings. The van der Waals surface area contributed by atoms with E-state index < -0.39 is 23.6 Å². The molecule has 8 heteroatoms. The number of hydrogen-bond donors (Lipinski definition) is 1. The molecule has 0 saturated heterocycles. The zero-order valence-electron chi connectivity index (χ0n) is 10.3. The van der Waals surface area contributed by atoms with Crippen LogP contribution in [0.3, 0.4) is 0 Å². The predicted molar refractivity (Wildman–Crippen MR) is 63.6 cm³/mol. The number of aliphatic hydroxyl groups excluding tert-OH is 1. The van der Waals surface area contributed by atoms with Crippen LogP contribution in [0.5, 0.6) is 0 Å². The highest BCUT2D eigenvalue weighted by atomic mass is 19.3. The minimum absolute atomic E-state index is 0.208. The van der Waals surface area contributed by atoms with Gasteiger partial charge in [0.25, 0.3) is 5.69 Å². The number of halogens is 2. The van der Waals surface area contributed by atoms with Gasteiger partial charge in [-0.25, -0.2) is 4.90 Å². The Hall–Kier alpha value is -2.27. The molecule has 0 saturated carbocycles. The Bertz CT molecular complexity index is 586. The molecule has 1 atom stereocenters. The fourth-order valence-corrected chi connectivity index (χ4v) is 2.40. The molecule has 6 nitrogen and oxygen atoms in total. The smallest absolute Gasteiger partial charge is 0.356 e. The first-order chi connectivity index (χ1) is 9.40. The number of aryl methyl sites for hydroxylation is 1. The normalized spacial score (nSPS) is 17.4. The Balaban J connectivity index is 2.42. The number of nitro benzene ring substituents is 1. The van der Waals surface area contributed by atoms with E-state index in [1.807, 2.05) is 0 Å². The second-order valence-electron chi connectivity index (χ2n) is 4.49. The van der Waals surface area contributed by atoms with Crippen LogP contribution >= 0.6 is 0 Å². The van der Waals surface area contributed by atoms with Crippen LogP contribution < -0.4 is 0 Å². The average Bonchev–Trinajstić information content (AvgIpc) is 2.82. The van der Waals surface area contributed by atoms with Crippen molar-refractivity contribution in [1.29, 1.82) is 5.26 Å². The lowest BCUT2D eigenvalue weighted by Gasteiger charge is -2.30. The topological polar surface area (TPSA) is 90.4 Å². The van der Waals surface area contributed by atoms with Crippen molar-refractivity contribution < 1.29 is 18.8 Å². The number of alkyl halides is 2. The second-order valence-corrected chi connectivity index (χ2v) is 4.49. The molecule has 2 rings (SSSR count). The molecule has 0 heterocycles. The maximum Gasteiger partial charge on any atom is 0.356 e. The Morgan fingerprint density at radius 1 is 1.60 bits per heavy atom. The highest BCUT2D eigenvalue weighted by molar-refractivity contribution is 5.44. The van der Waals surface area contributed by atoms with Gasteiger partial charge in [0.1, 0.15) is 6.61 Å². The lowest BCUT2D eigenvalue weighted by atomic mass is 10.1. The third-order valence-electron chi connectivity index (χ3n) is 3.35. The molecular formula is C12H11F2N3O3. The summed E-state index contributed by atoms with van der Waals surface area (Å²) in [7, 11) is 0. The standard InChI is InChI=1S/C12H11F2N3O3/c13-12(14,6-18)16(7-15)11-4-2-8-1-3-9(17(19)20)5-10(8)11/h1,3,5,11,18H,2,4,6H2. The minimum Gasteiger partial charge on any atom is -0.388 e. The molecule has 1 unspecified atom stereocenters. The maximum absolute atomic E-state index is 13.5. The fraction of sp³-hybridized carbons (Fsp3) is 0.417. The zero-order valence-corrected chi connectivity index (χ0v) is 10.3. The highest BCUT2D eigenvalue weighted by Gasteiger charge is 2.43. The van der Waals surface area contributed by atoms with Gasteiger partial charge < -0.3 is 5.11 Å². The van der Waals surface area contributed by atoms with E-state index in [-0.39, 0.29) is 17.0 Å². The summed E-state index contributed by atoms with van der Waals surface area (Å²) >= 11 is 0. The van der Waals surface area contributed by atoms with Gasteiger partial charge >= 0.3 is 6.05 Å². The van der Waals surface area contributed by atoms with Crippen LogP contribution in [0.15, 0.2) is 18.2 Å². The summed E-state index contributed by atoms with van der Waals surface area (Å²) in [4.78, 5) is 10.3. The van der Waals surface area contributed by atoms with Crippen LogP contribution in [-0.2, 0) is 6.42 Å². The Labute approximate surface area is 113 Å². The van der Waals surface area contributed by atoms with E-state index in [0.717, 1.165) is 0 Å². The van der Waals surface area contributed by atoms with Crippen molar-refractivity contribution in [2.45, 2.75) is 24.9 Å². The molecule has 1 aliphatic carbocycles. The number of rotatable bonds is 4. The first-order valence-corrected chi connectivity index (χ1v) is 5.85. The van der Waals surface area contributed by atoms with Gasteiger partial charge in [0.15, 0.2) is 6.19 Å². The first-order valence-electron chi connectivity index (χ1n) is 5.85. The van der Waals surface area contributed by atoms with Gasteiger partial charge in [0.05, 0.1) is 11.0 Å². The van der Waals surface area contributed by atoms with Gasteiger partial charge in [-0.15, -0.1) is 0 Å². The van der Waals surface area contributed by atoms with Gasteiger partial charge in [-0.05, 0) is 24.0 Å². The van der Waals surface area contributed by atoms with Crippen LogP contribution in [0.25, 0.3) is 0 Å². The van der Waals surface area contributed by atoms with Crippen molar-refractivity contribution in [3.8, 4) is 6.19 Å². The Kier molecular flexibility index (Phi) is 3.55. The summed E-state index contributed by atoms with van der Waals surface area (Å²) in [5.74, 6) is 0. The summed E-state index contributed by atoms with van der Waals surface area (Å²) in [5.41, 5.74) is 0.837. The van der Waals surface area contributed by atoms with Gasteiger partial charge in [0.2, 0.25) is 0 Å². The molecule has 1 aromatic carbocycles. The van der Waals surface area contributed by atoms with Crippen molar-refractivity contribution in [2.24, 2.45) is 0 Å². The van der Waals surface area contributed by atoms with Crippen LogP contribution in [0.2, 0.25) is 0 Å². The van der Waals surface area contributed by atoms with Crippen LogP contribution in [0.4, 0.5) is 14.5 Å². The monoisotopic (exact) mass is 283 g/mol. The molecule has 1 N–H and O–H groups in total. The molecular weight excluding hydrogens is 272 g/mol. The number of non-ortho nitro benzene ring substituents is 1. The van der Waals surface area contributed by atoms with Crippen LogP contribution in [-0.4, -0.2) is 27.6 Å². The molecule has 106 valence electrons. The van der Waals surface area contributed by atoms with E-state index in [4.69, 9.17) is 10.4 Å². The summed E-state index contributed by atoms with van der Waals surface area (Å²) in [6.45, 7) is -1.48. The van der Waals surface area contributed by atoms with E-state index in [9.17, 15) is 18.9 Å². The Morgan fingerprint density at radius 2 is 2.30 bits per heavy atom. The molecule has 1 aliphatic rings. The largest absolute Gasteiger partial charge is 0.388 e. The van der Waals surface area contributed by atoms with E-state index in [2.05, 4.69) is 0 Å². The molecule has 20 heavy (non-hydrogen) atoms. The number of aliphatic hydroxyl groups is 1. The van der Waals surface area contributed by atoms with Gasteiger partial charge in [-0.3, -0.25) is 10.1 Å². The molecule has 0 radical (unpaired) electrons. The van der Waals surface area contributed by atoms with Crippen molar-refractivity contribution >= 4 is 5.69 Å². The number of hydrogen-bond acceptors (Lipinski definition) is 5. The number of benzene rings is 1. The number of nitro groups is 1. The van der Waals surface area contributed by atoms with E-state index >= 15 is 0 Å².